The number of carbonyl (C=O) groups excluding carboxylic acids is 3. The predicted molar refractivity (Wildman–Crippen MR) is 69.8 cm³/mol. The van der Waals surface area contributed by atoms with Crippen molar-refractivity contribution in [3.63, 3.8) is 0 Å². The Kier molecular flexibility index (Phi) is 4.85. The van der Waals surface area contributed by atoms with Gasteiger partial charge in [0.05, 0.1) is 12.5 Å². The van der Waals surface area contributed by atoms with E-state index in [0.29, 0.717) is 0 Å². The Labute approximate surface area is 121 Å². The predicted octanol–water partition coefficient (Wildman–Crippen LogP) is 0.341. The highest BCUT2D eigenvalue weighted by Gasteiger charge is 2.25. The standard InChI is InChI=1S/C13H16N2O6/c1-13(2,3)12(18)21-14-10(16)8-5-9(11(17)20-4)7-15(19)6-8/h5-7H,1-4H3,(H,14,16). The molecule has 0 aliphatic heterocycles. The van der Waals surface area contributed by atoms with Crippen molar-refractivity contribution in [2.45, 2.75) is 20.8 Å². The van der Waals surface area contributed by atoms with E-state index in [1.807, 2.05) is 5.48 Å². The molecule has 0 saturated carbocycles. The summed E-state index contributed by atoms with van der Waals surface area (Å²) in [4.78, 5) is 39.3. The van der Waals surface area contributed by atoms with Crippen LogP contribution in [0.1, 0.15) is 41.5 Å². The van der Waals surface area contributed by atoms with E-state index in [2.05, 4.69) is 9.57 Å². The van der Waals surface area contributed by atoms with Crippen molar-refractivity contribution in [1.29, 1.82) is 0 Å². The van der Waals surface area contributed by atoms with Crippen LogP contribution in [0.3, 0.4) is 0 Å². The number of amides is 1. The lowest BCUT2D eigenvalue weighted by molar-refractivity contribution is -0.605. The molecule has 8 heteroatoms. The molecule has 1 heterocycles. The molecule has 0 atom stereocenters. The average molecular weight is 296 g/mol. The lowest BCUT2D eigenvalue weighted by atomic mass is 9.98. The second-order valence-electron chi connectivity index (χ2n) is 5.24. The van der Waals surface area contributed by atoms with Gasteiger partial charge in [-0.3, -0.25) is 4.79 Å². The lowest BCUT2D eigenvalue weighted by Gasteiger charge is -2.15. The molecule has 0 aliphatic rings. The van der Waals surface area contributed by atoms with E-state index in [1.165, 1.54) is 0 Å². The zero-order chi connectivity index (χ0) is 16.2. The van der Waals surface area contributed by atoms with Gasteiger partial charge < -0.3 is 14.8 Å². The molecule has 1 amide bonds. The summed E-state index contributed by atoms with van der Waals surface area (Å²) in [5.74, 6) is -2.24. The molecule has 1 aromatic rings. The number of rotatable bonds is 2. The highest BCUT2D eigenvalue weighted by molar-refractivity contribution is 5.97. The molecule has 0 unspecified atom stereocenters. The number of methoxy groups -OCH3 is 1. The quantitative estimate of drug-likeness (QED) is 0.365. The summed E-state index contributed by atoms with van der Waals surface area (Å²) in [6, 6.07) is 1.15. The maximum Gasteiger partial charge on any atom is 0.344 e. The third kappa shape index (κ3) is 4.44. The number of aromatic nitrogens is 1. The lowest BCUT2D eigenvalue weighted by Crippen LogP contribution is -2.35. The van der Waals surface area contributed by atoms with Crippen molar-refractivity contribution in [2.24, 2.45) is 5.41 Å². The first kappa shape index (κ1) is 16.4. The first-order valence-corrected chi connectivity index (χ1v) is 5.99. The minimum absolute atomic E-state index is 0.0951. The van der Waals surface area contributed by atoms with Crippen molar-refractivity contribution in [3.05, 3.63) is 34.8 Å². The van der Waals surface area contributed by atoms with Crippen LogP contribution in [0.4, 0.5) is 0 Å². The number of ether oxygens (including phenoxy) is 1. The summed E-state index contributed by atoms with van der Waals surface area (Å²) < 4.78 is 4.75. The third-order valence-corrected chi connectivity index (χ3v) is 2.38. The Morgan fingerprint density at radius 2 is 1.76 bits per heavy atom. The summed E-state index contributed by atoms with van der Waals surface area (Å²) >= 11 is 0. The zero-order valence-electron chi connectivity index (χ0n) is 12.1. The number of nitrogens with one attached hydrogen (secondary N) is 1. The monoisotopic (exact) mass is 296 g/mol. The van der Waals surface area contributed by atoms with Crippen LogP contribution in [0.5, 0.6) is 0 Å². The summed E-state index contributed by atoms with van der Waals surface area (Å²) in [5.41, 5.74) is 0.893. The molecule has 0 spiro atoms. The summed E-state index contributed by atoms with van der Waals surface area (Å²) in [6.45, 7) is 4.85. The Bertz CT molecular complexity index is 577. The Hall–Kier alpha value is -2.64. The molecular formula is C13H16N2O6. The van der Waals surface area contributed by atoms with Gasteiger partial charge in [-0.2, -0.15) is 10.2 Å². The number of hydrogen-bond acceptors (Lipinski definition) is 6. The van der Waals surface area contributed by atoms with Gasteiger partial charge in [-0.1, -0.05) is 0 Å². The van der Waals surface area contributed by atoms with E-state index in [4.69, 9.17) is 0 Å². The van der Waals surface area contributed by atoms with Crippen LogP contribution in [-0.2, 0) is 14.4 Å². The second-order valence-corrected chi connectivity index (χ2v) is 5.24. The van der Waals surface area contributed by atoms with Gasteiger partial charge in [-0.15, -0.1) is 0 Å². The number of esters is 1. The molecule has 0 radical (unpaired) electrons. The number of nitrogens with zero attached hydrogens (tertiary/aromatic N) is 1. The van der Waals surface area contributed by atoms with Crippen molar-refractivity contribution in [2.75, 3.05) is 7.11 Å². The molecule has 1 aromatic heterocycles. The fraction of sp³-hybridized carbons (Fsp3) is 0.385. The molecular weight excluding hydrogens is 280 g/mol. The third-order valence-electron chi connectivity index (χ3n) is 2.38. The van der Waals surface area contributed by atoms with Gasteiger partial charge in [0.2, 0.25) is 0 Å². The van der Waals surface area contributed by atoms with Crippen molar-refractivity contribution < 1.29 is 28.7 Å². The Morgan fingerprint density at radius 3 is 2.29 bits per heavy atom. The van der Waals surface area contributed by atoms with Crippen LogP contribution in [0.2, 0.25) is 0 Å². The highest BCUT2D eigenvalue weighted by atomic mass is 16.7. The minimum atomic E-state index is -0.831. The Morgan fingerprint density at radius 1 is 1.19 bits per heavy atom. The molecule has 0 bridgehead atoms. The number of carbonyl (C=O) groups is 3. The first-order valence-electron chi connectivity index (χ1n) is 5.99. The molecule has 0 fully saturated rings. The highest BCUT2D eigenvalue weighted by Crippen LogP contribution is 2.14. The van der Waals surface area contributed by atoms with Gasteiger partial charge in [0.1, 0.15) is 11.1 Å². The number of pyridine rings is 1. The SMILES string of the molecule is COC(=O)c1cc(C(=O)NOC(=O)C(C)(C)C)c[n+]([O-])c1. The van der Waals surface area contributed by atoms with E-state index in [0.717, 1.165) is 25.6 Å². The molecule has 21 heavy (non-hydrogen) atoms. The van der Waals surface area contributed by atoms with Gasteiger partial charge in [0, 0.05) is 0 Å². The van der Waals surface area contributed by atoms with Gasteiger partial charge in [-0.25, -0.2) is 9.59 Å². The minimum Gasteiger partial charge on any atom is -0.619 e. The normalized spacial score (nSPS) is 10.7. The van der Waals surface area contributed by atoms with E-state index in [9.17, 15) is 19.6 Å². The molecule has 0 aromatic carbocycles. The van der Waals surface area contributed by atoms with Crippen LogP contribution < -0.4 is 10.2 Å². The molecule has 0 saturated heterocycles. The van der Waals surface area contributed by atoms with Crippen molar-refractivity contribution >= 4 is 17.8 Å². The number of hydrogen-bond donors (Lipinski definition) is 1. The maximum atomic E-state index is 11.8. The summed E-state index contributed by atoms with van der Waals surface area (Å²) in [6.07, 6.45) is 1.90. The summed E-state index contributed by atoms with van der Waals surface area (Å²) in [5, 5.41) is 11.4. The van der Waals surface area contributed by atoms with Crippen LogP contribution >= 0.6 is 0 Å². The Balaban J connectivity index is 2.86. The maximum absolute atomic E-state index is 11.8. The van der Waals surface area contributed by atoms with Crippen LogP contribution in [0.15, 0.2) is 18.5 Å². The van der Waals surface area contributed by atoms with E-state index >= 15 is 0 Å². The second kappa shape index (κ2) is 6.21. The fourth-order valence-electron chi connectivity index (χ4n) is 1.21. The first-order chi connectivity index (χ1) is 9.65. The average Bonchev–Trinajstić information content (AvgIpc) is 2.41. The molecule has 8 nitrogen and oxygen atoms in total. The molecule has 1 rings (SSSR count). The van der Waals surface area contributed by atoms with E-state index < -0.39 is 23.3 Å². The van der Waals surface area contributed by atoms with Gasteiger partial charge in [0.25, 0.3) is 5.91 Å². The van der Waals surface area contributed by atoms with Crippen molar-refractivity contribution in [1.82, 2.24) is 5.48 Å². The fourth-order valence-corrected chi connectivity index (χ4v) is 1.21. The summed E-state index contributed by atoms with van der Waals surface area (Å²) in [7, 11) is 1.15. The van der Waals surface area contributed by atoms with E-state index in [1.54, 1.807) is 20.8 Å². The largest absolute Gasteiger partial charge is 0.619 e. The van der Waals surface area contributed by atoms with Crippen LogP contribution in [0.25, 0.3) is 0 Å². The molecule has 114 valence electrons. The van der Waals surface area contributed by atoms with Gasteiger partial charge in [0.15, 0.2) is 12.4 Å². The number of hydroxylamine groups is 1. The zero-order valence-corrected chi connectivity index (χ0v) is 12.1. The van der Waals surface area contributed by atoms with Gasteiger partial charge >= 0.3 is 11.9 Å². The van der Waals surface area contributed by atoms with Gasteiger partial charge in [-0.05, 0) is 26.8 Å². The van der Waals surface area contributed by atoms with Crippen LogP contribution in [0, 0.1) is 10.6 Å². The molecule has 1 N–H and O–H groups in total. The van der Waals surface area contributed by atoms with Crippen molar-refractivity contribution in [3.8, 4) is 0 Å². The topological polar surface area (TPSA) is 109 Å². The molecule has 0 aliphatic carbocycles. The van der Waals surface area contributed by atoms with E-state index in [-0.39, 0.29) is 15.9 Å². The smallest absolute Gasteiger partial charge is 0.344 e. The van der Waals surface area contributed by atoms with Crippen LogP contribution in [-0.4, -0.2) is 25.0 Å².